The Hall–Kier alpha value is -7.33. The van der Waals surface area contributed by atoms with Crippen molar-refractivity contribution in [1.29, 1.82) is 0 Å². The fourth-order valence-electron chi connectivity index (χ4n) is 11.4. The van der Waals surface area contributed by atoms with E-state index in [0.717, 1.165) is 23.5 Å². The number of allylic oxidation sites excluding steroid dienone is 1. The highest BCUT2D eigenvalue weighted by Crippen LogP contribution is 2.60. The zero-order valence-electron chi connectivity index (χ0n) is 37.7. The minimum atomic E-state index is 0.0385. The lowest BCUT2D eigenvalue weighted by Gasteiger charge is -2.43. The third kappa shape index (κ3) is 6.20. The highest BCUT2D eigenvalue weighted by Gasteiger charge is 2.50. The summed E-state index contributed by atoms with van der Waals surface area (Å²) in [7, 11) is 0. The normalized spacial score (nSPS) is 15.0. The molecular weight excluding hydrogens is 926 g/mol. The summed E-state index contributed by atoms with van der Waals surface area (Å²) in [6.45, 7) is 0.0385. The van der Waals surface area contributed by atoms with Crippen molar-refractivity contribution in [3.63, 3.8) is 0 Å². The van der Waals surface area contributed by atoms with E-state index < -0.39 is 0 Å². The molecule has 1 unspecified atom stereocenters. The topological polar surface area (TPSA) is 9.72 Å². The van der Waals surface area contributed by atoms with Gasteiger partial charge in [-0.2, -0.15) is 0 Å². The second-order valence-corrected chi connectivity index (χ2v) is 22.6. The fraction of sp³-hybridized carbons (Fsp3) is 0.0323. The number of rotatable bonds is 7. The lowest BCUT2D eigenvalue weighted by atomic mass is 9.33. The van der Waals surface area contributed by atoms with Crippen LogP contribution in [0.3, 0.4) is 0 Å². The first-order valence-corrected chi connectivity index (χ1v) is 27.2. The maximum atomic E-state index is 2.70. The van der Waals surface area contributed by atoms with Crippen LogP contribution in [0.15, 0.2) is 235 Å². The van der Waals surface area contributed by atoms with Gasteiger partial charge in [-0.15, -0.1) is 45.8 Å². The summed E-state index contributed by atoms with van der Waals surface area (Å²) in [5.41, 5.74) is 15.1. The SMILES string of the molecule is c1ccc(-c2cc3c(s2)N(c2cccc4c2sc2ccccc24)c2cc(N(c4ccccc4)c4ccccc4)cc4c2B3C2=C(SC(c3ccccc3)C2)N4c2cccc3c2sc2ccccc23)cc1. The molecule has 12 aromatic rings. The van der Waals surface area contributed by atoms with E-state index in [4.69, 9.17) is 0 Å². The number of nitrogens with zero attached hydrogens (tertiary/aromatic N) is 3. The molecular formula is C62H40BN3S4. The van der Waals surface area contributed by atoms with Crippen molar-refractivity contribution < 1.29 is 0 Å². The number of hydrogen-bond donors (Lipinski definition) is 0. The Labute approximate surface area is 422 Å². The molecule has 15 rings (SSSR count). The van der Waals surface area contributed by atoms with Crippen LogP contribution in [0, 0.1) is 0 Å². The van der Waals surface area contributed by atoms with Gasteiger partial charge in [-0.1, -0.05) is 163 Å². The van der Waals surface area contributed by atoms with Crippen LogP contribution in [0.4, 0.5) is 44.8 Å². The minimum Gasteiger partial charge on any atom is -0.310 e. The molecule has 330 valence electrons. The monoisotopic (exact) mass is 965 g/mol. The highest BCUT2D eigenvalue weighted by atomic mass is 32.2. The van der Waals surface area contributed by atoms with Crippen LogP contribution < -0.4 is 25.6 Å². The van der Waals surface area contributed by atoms with Gasteiger partial charge in [0.05, 0.1) is 36.5 Å². The Morgan fingerprint density at radius 1 is 0.443 bits per heavy atom. The molecule has 3 aromatic heterocycles. The molecule has 0 radical (unpaired) electrons. The summed E-state index contributed by atoms with van der Waals surface area (Å²) in [5.74, 6) is 0. The standard InChI is InChI=1S/C62H40BN3S4/c1-5-19-39(20-6-1)56-37-48-61(69-56)65(50-31-17-29-46-44-27-13-15-33-54(44)67-59(46)50)52-35-43(64(41-23-9-3-10-24-41)42-25-11-4-12-26-42)36-53-58(52)63(48)49-38-57(40-21-7-2-8-22-40)70-62(49)66(53)51-32-18-30-47-45-28-14-16-34-55(45)68-60(47)51/h1-37,57H,38H2. The molecule has 0 fully saturated rings. The van der Waals surface area contributed by atoms with Crippen molar-refractivity contribution in [3.8, 4) is 10.4 Å². The molecule has 3 aliphatic rings. The average Bonchev–Trinajstić information content (AvgIpc) is 4.24. The van der Waals surface area contributed by atoms with Crippen molar-refractivity contribution >= 4 is 149 Å². The van der Waals surface area contributed by atoms with Gasteiger partial charge in [-0.25, -0.2) is 0 Å². The van der Waals surface area contributed by atoms with E-state index in [2.05, 4.69) is 251 Å². The first kappa shape index (κ1) is 40.6. The minimum absolute atomic E-state index is 0.0385. The van der Waals surface area contributed by atoms with E-state index in [0.29, 0.717) is 0 Å². The van der Waals surface area contributed by atoms with Gasteiger partial charge in [0.1, 0.15) is 0 Å². The van der Waals surface area contributed by atoms with Gasteiger partial charge in [-0.05, 0) is 95.2 Å². The van der Waals surface area contributed by atoms with Gasteiger partial charge in [0, 0.05) is 63.8 Å². The van der Waals surface area contributed by atoms with Crippen LogP contribution in [0.25, 0.3) is 50.8 Å². The molecule has 0 amide bonds. The summed E-state index contributed by atoms with van der Waals surface area (Å²) in [4.78, 5) is 9.10. The van der Waals surface area contributed by atoms with E-state index in [1.807, 2.05) is 34.0 Å². The van der Waals surface area contributed by atoms with Crippen molar-refractivity contribution in [1.82, 2.24) is 0 Å². The van der Waals surface area contributed by atoms with E-state index >= 15 is 0 Å². The zero-order chi connectivity index (χ0) is 45.9. The first-order valence-electron chi connectivity index (χ1n) is 23.9. The number of benzene rings is 9. The molecule has 0 saturated carbocycles. The van der Waals surface area contributed by atoms with Crippen LogP contribution in [-0.2, 0) is 0 Å². The third-order valence-corrected chi connectivity index (χ3v) is 19.4. The van der Waals surface area contributed by atoms with Gasteiger partial charge in [0.25, 0.3) is 0 Å². The Morgan fingerprint density at radius 2 is 0.957 bits per heavy atom. The van der Waals surface area contributed by atoms with E-state index in [9.17, 15) is 0 Å². The lowest BCUT2D eigenvalue weighted by Crippen LogP contribution is -2.54. The molecule has 0 spiro atoms. The number of para-hydroxylation sites is 2. The fourth-order valence-corrected chi connectivity index (χ4v) is 16.5. The third-order valence-electron chi connectivity index (χ3n) is 14.4. The number of fused-ring (bicyclic) bond motifs is 9. The Bertz CT molecular complexity index is 4010. The molecule has 1 atom stereocenters. The number of thioether (sulfide) groups is 1. The highest BCUT2D eigenvalue weighted by molar-refractivity contribution is 8.03. The predicted octanol–water partition coefficient (Wildman–Crippen LogP) is 17.8. The second kappa shape index (κ2) is 16.1. The maximum absolute atomic E-state index is 2.70. The smallest absolute Gasteiger partial charge is 0.249 e. The molecule has 9 aromatic carbocycles. The average molecular weight is 966 g/mol. The Kier molecular flexibility index (Phi) is 9.34. The van der Waals surface area contributed by atoms with Crippen LogP contribution in [-0.4, -0.2) is 6.71 Å². The first-order chi connectivity index (χ1) is 34.7. The number of thiophene rings is 3. The summed E-state index contributed by atoms with van der Waals surface area (Å²) < 4.78 is 5.22. The number of anilines is 8. The van der Waals surface area contributed by atoms with Crippen molar-refractivity contribution in [2.24, 2.45) is 0 Å². The predicted molar refractivity (Wildman–Crippen MR) is 307 cm³/mol. The lowest BCUT2D eigenvalue weighted by molar-refractivity contribution is 0.970. The van der Waals surface area contributed by atoms with E-state index in [1.54, 1.807) is 0 Å². The van der Waals surface area contributed by atoms with Crippen molar-refractivity contribution in [2.75, 3.05) is 14.7 Å². The van der Waals surface area contributed by atoms with Gasteiger partial charge >= 0.3 is 0 Å². The summed E-state index contributed by atoms with van der Waals surface area (Å²) in [5, 5.41) is 8.11. The van der Waals surface area contributed by atoms with Crippen LogP contribution in [0.5, 0.6) is 0 Å². The molecule has 70 heavy (non-hydrogen) atoms. The molecule has 8 heteroatoms. The maximum Gasteiger partial charge on any atom is 0.249 e. The molecule has 0 aliphatic carbocycles. The molecule has 3 aliphatic heterocycles. The van der Waals surface area contributed by atoms with E-state index in [1.165, 1.54) is 106 Å². The number of hydrogen-bond acceptors (Lipinski definition) is 7. The summed E-state index contributed by atoms with van der Waals surface area (Å²) in [6, 6.07) is 83.5. The summed E-state index contributed by atoms with van der Waals surface area (Å²) in [6.07, 6.45) is 0.955. The molecule has 0 saturated heterocycles. The zero-order valence-corrected chi connectivity index (χ0v) is 41.0. The molecule has 0 N–H and O–H groups in total. The quantitative estimate of drug-likeness (QED) is 0.147. The molecule has 6 heterocycles. The van der Waals surface area contributed by atoms with Crippen molar-refractivity contribution in [2.45, 2.75) is 11.7 Å². The van der Waals surface area contributed by atoms with E-state index in [-0.39, 0.29) is 12.0 Å². The van der Waals surface area contributed by atoms with Gasteiger partial charge in [0.15, 0.2) is 0 Å². The second-order valence-electron chi connectivity index (χ2n) is 18.3. The van der Waals surface area contributed by atoms with Gasteiger partial charge in [0.2, 0.25) is 6.71 Å². The largest absolute Gasteiger partial charge is 0.310 e. The van der Waals surface area contributed by atoms with Crippen LogP contribution in [0.1, 0.15) is 17.2 Å². The van der Waals surface area contributed by atoms with Crippen LogP contribution >= 0.6 is 45.8 Å². The van der Waals surface area contributed by atoms with Crippen LogP contribution in [0.2, 0.25) is 0 Å². The Morgan fingerprint density at radius 3 is 1.57 bits per heavy atom. The van der Waals surface area contributed by atoms with Gasteiger partial charge < -0.3 is 14.7 Å². The molecule has 3 nitrogen and oxygen atoms in total. The van der Waals surface area contributed by atoms with Crippen molar-refractivity contribution in [3.05, 3.63) is 241 Å². The Balaban J connectivity index is 1.09. The summed E-state index contributed by atoms with van der Waals surface area (Å²) >= 11 is 7.81. The van der Waals surface area contributed by atoms with Gasteiger partial charge in [-0.3, -0.25) is 0 Å². The molecule has 0 bridgehead atoms.